The van der Waals surface area contributed by atoms with Crippen LogP contribution in [0.4, 0.5) is 0 Å². The summed E-state index contributed by atoms with van der Waals surface area (Å²) in [5.41, 5.74) is 0. The molecule has 0 bridgehead atoms. The zero-order valence-electron chi connectivity index (χ0n) is 10.8. The van der Waals surface area contributed by atoms with Gasteiger partial charge in [-0.1, -0.05) is 12.1 Å². The van der Waals surface area contributed by atoms with Crippen LogP contribution >= 0.6 is 0 Å². The van der Waals surface area contributed by atoms with E-state index in [0.29, 0.717) is 0 Å². The Balaban J connectivity index is 0.000000289. The van der Waals surface area contributed by atoms with E-state index in [1.54, 1.807) is 12.1 Å². The minimum Gasteiger partial charge on any atom is -0.508 e. The van der Waals surface area contributed by atoms with E-state index in [9.17, 15) is 0 Å². The Morgan fingerprint density at radius 2 is 0.950 bits per heavy atom. The van der Waals surface area contributed by atoms with Crippen molar-refractivity contribution in [3.8, 4) is 23.0 Å². The first-order chi connectivity index (χ1) is 9.31. The predicted molar refractivity (Wildman–Crippen MR) is 72.9 cm³/mol. The second-order valence-electron chi connectivity index (χ2n) is 3.56. The van der Waals surface area contributed by atoms with E-state index in [4.69, 9.17) is 30.3 Å². The van der Waals surface area contributed by atoms with E-state index in [1.165, 1.54) is 36.4 Å². The number of hydrogen-bond acceptors (Lipinski definition) is 5. The molecular formula is C14H16O6. The van der Waals surface area contributed by atoms with Crippen molar-refractivity contribution in [3.05, 3.63) is 48.5 Å². The van der Waals surface area contributed by atoms with Gasteiger partial charge in [-0.2, -0.15) is 0 Å². The van der Waals surface area contributed by atoms with Gasteiger partial charge in [0.15, 0.2) is 0 Å². The normalized spacial score (nSPS) is 8.45. The molecule has 0 spiro atoms. The molecule has 108 valence electrons. The molecular weight excluding hydrogens is 264 g/mol. The molecule has 0 saturated carbocycles. The minimum absolute atomic E-state index is 0.0880. The van der Waals surface area contributed by atoms with Crippen LogP contribution in [-0.2, 0) is 4.79 Å². The molecule has 0 radical (unpaired) electrons. The lowest BCUT2D eigenvalue weighted by molar-refractivity contribution is -0.134. The van der Waals surface area contributed by atoms with Gasteiger partial charge in [-0.15, -0.1) is 0 Å². The SMILES string of the molecule is CC(=O)O.Oc1cccc(O)c1.Oc1cccc(O)c1. The Hall–Kier alpha value is -2.89. The highest BCUT2D eigenvalue weighted by Crippen LogP contribution is 2.15. The van der Waals surface area contributed by atoms with Crippen LogP contribution < -0.4 is 0 Å². The molecule has 0 aliphatic carbocycles. The molecule has 0 atom stereocenters. The van der Waals surface area contributed by atoms with Gasteiger partial charge in [0, 0.05) is 19.1 Å². The average Bonchev–Trinajstić information content (AvgIpc) is 2.28. The van der Waals surface area contributed by atoms with Crippen molar-refractivity contribution < 1.29 is 30.3 Å². The maximum Gasteiger partial charge on any atom is 0.300 e. The van der Waals surface area contributed by atoms with Crippen molar-refractivity contribution in [1.29, 1.82) is 0 Å². The molecule has 0 aliphatic rings. The molecule has 2 rings (SSSR count). The molecule has 20 heavy (non-hydrogen) atoms. The fraction of sp³-hybridized carbons (Fsp3) is 0.0714. The summed E-state index contributed by atoms with van der Waals surface area (Å²) in [6.07, 6.45) is 0. The van der Waals surface area contributed by atoms with E-state index in [2.05, 4.69) is 0 Å². The van der Waals surface area contributed by atoms with Crippen LogP contribution in [0, 0.1) is 0 Å². The lowest BCUT2D eigenvalue weighted by Gasteiger charge is -1.89. The summed E-state index contributed by atoms with van der Waals surface area (Å²) in [5, 5.41) is 42.0. The molecule has 0 aromatic heterocycles. The molecule has 6 heteroatoms. The molecule has 2 aromatic rings. The number of carboxylic acid groups (broad SMARTS) is 1. The number of aromatic hydroxyl groups is 4. The zero-order chi connectivity index (χ0) is 15.5. The van der Waals surface area contributed by atoms with Crippen LogP contribution in [0.3, 0.4) is 0 Å². The number of carboxylic acids is 1. The third kappa shape index (κ3) is 10.3. The summed E-state index contributed by atoms with van der Waals surface area (Å²) >= 11 is 0. The fourth-order valence-corrected chi connectivity index (χ4v) is 0.986. The maximum absolute atomic E-state index is 9.00. The van der Waals surface area contributed by atoms with Crippen molar-refractivity contribution >= 4 is 5.97 Å². The smallest absolute Gasteiger partial charge is 0.300 e. The fourth-order valence-electron chi connectivity index (χ4n) is 0.986. The summed E-state index contributed by atoms with van der Waals surface area (Å²) in [6.45, 7) is 1.08. The number of phenols is 4. The summed E-state index contributed by atoms with van der Waals surface area (Å²) in [6, 6.07) is 11.7. The van der Waals surface area contributed by atoms with Gasteiger partial charge in [0.2, 0.25) is 0 Å². The summed E-state index contributed by atoms with van der Waals surface area (Å²) in [5.74, 6) is -0.481. The van der Waals surface area contributed by atoms with Gasteiger partial charge in [0.25, 0.3) is 5.97 Å². The molecule has 0 amide bonds. The first-order valence-electron chi connectivity index (χ1n) is 5.46. The molecule has 0 unspecified atom stereocenters. The number of benzene rings is 2. The first-order valence-corrected chi connectivity index (χ1v) is 5.46. The average molecular weight is 280 g/mol. The van der Waals surface area contributed by atoms with Crippen molar-refractivity contribution in [1.82, 2.24) is 0 Å². The third-order valence-electron chi connectivity index (χ3n) is 1.66. The van der Waals surface area contributed by atoms with Crippen molar-refractivity contribution in [2.24, 2.45) is 0 Å². The van der Waals surface area contributed by atoms with Gasteiger partial charge in [-0.05, 0) is 24.3 Å². The number of carbonyl (C=O) groups is 1. The molecule has 6 nitrogen and oxygen atoms in total. The molecule has 0 heterocycles. The summed E-state index contributed by atoms with van der Waals surface area (Å²) < 4.78 is 0. The second kappa shape index (κ2) is 9.09. The summed E-state index contributed by atoms with van der Waals surface area (Å²) in [4.78, 5) is 9.00. The second-order valence-corrected chi connectivity index (χ2v) is 3.56. The van der Waals surface area contributed by atoms with Crippen LogP contribution in [0.1, 0.15) is 6.92 Å². The van der Waals surface area contributed by atoms with Crippen molar-refractivity contribution in [2.45, 2.75) is 6.92 Å². The van der Waals surface area contributed by atoms with Crippen LogP contribution in [0.15, 0.2) is 48.5 Å². The predicted octanol–water partition coefficient (Wildman–Crippen LogP) is 2.29. The van der Waals surface area contributed by atoms with E-state index in [1.807, 2.05) is 0 Å². The number of rotatable bonds is 0. The Morgan fingerprint density at radius 1 is 0.750 bits per heavy atom. The van der Waals surface area contributed by atoms with Gasteiger partial charge < -0.3 is 25.5 Å². The topological polar surface area (TPSA) is 118 Å². The van der Waals surface area contributed by atoms with E-state index >= 15 is 0 Å². The summed E-state index contributed by atoms with van der Waals surface area (Å²) in [7, 11) is 0. The van der Waals surface area contributed by atoms with E-state index in [0.717, 1.165) is 6.92 Å². The third-order valence-corrected chi connectivity index (χ3v) is 1.66. The first kappa shape index (κ1) is 17.1. The molecule has 0 fully saturated rings. The monoisotopic (exact) mass is 280 g/mol. The van der Waals surface area contributed by atoms with Crippen molar-refractivity contribution in [3.63, 3.8) is 0 Å². The standard InChI is InChI=1S/2C6H6O2.C2H4O2/c2*7-5-2-1-3-6(8)4-5;1-2(3)4/h2*1-4,7-8H;1H3,(H,3,4). The van der Waals surface area contributed by atoms with Gasteiger partial charge >= 0.3 is 0 Å². The van der Waals surface area contributed by atoms with Gasteiger partial charge in [-0.3, -0.25) is 4.79 Å². The zero-order valence-corrected chi connectivity index (χ0v) is 10.8. The van der Waals surface area contributed by atoms with Crippen LogP contribution in [0.2, 0.25) is 0 Å². The lowest BCUT2D eigenvalue weighted by Crippen LogP contribution is -1.78. The Kier molecular flexibility index (Phi) is 7.78. The van der Waals surface area contributed by atoms with E-state index in [-0.39, 0.29) is 23.0 Å². The maximum atomic E-state index is 9.00. The molecule has 5 N–H and O–H groups in total. The van der Waals surface area contributed by atoms with Crippen LogP contribution in [0.25, 0.3) is 0 Å². The number of phenolic OH excluding ortho intramolecular Hbond substituents is 4. The molecule has 0 aliphatic heterocycles. The van der Waals surface area contributed by atoms with Gasteiger partial charge in [0.05, 0.1) is 0 Å². The molecule has 0 saturated heterocycles. The van der Waals surface area contributed by atoms with Gasteiger partial charge in [-0.25, -0.2) is 0 Å². The number of aliphatic carboxylic acids is 1. The number of hydrogen-bond donors (Lipinski definition) is 5. The highest BCUT2D eigenvalue weighted by atomic mass is 16.4. The lowest BCUT2D eigenvalue weighted by atomic mass is 10.3. The van der Waals surface area contributed by atoms with Crippen molar-refractivity contribution in [2.75, 3.05) is 0 Å². The van der Waals surface area contributed by atoms with E-state index < -0.39 is 5.97 Å². The van der Waals surface area contributed by atoms with Crippen LogP contribution in [0.5, 0.6) is 23.0 Å². The van der Waals surface area contributed by atoms with Crippen LogP contribution in [-0.4, -0.2) is 31.5 Å². The highest BCUT2D eigenvalue weighted by molar-refractivity contribution is 5.62. The Morgan fingerprint density at radius 3 is 1.05 bits per heavy atom. The Labute approximate surface area is 115 Å². The Bertz CT molecular complexity index is 457. The quantitative estimate of drug-likeness (QED) is 0.505. The largest absolute Gasteiger partial charge is 0.508 e. The minimum atomic E-state index is -0.833. The van der Waals surface area contributed by atoms with Gasteiger partial charge in [0.1, 0.15) is 23.0 Å². The molecule has 2 aromatic carbocycles. The highest BCUT2D eigenvalue weighted by Gasteiger charge is 1.86.